The van der Waals surface area contributed by atoms with Crippen molar-refractivity contribution in [2.75, 3.05) is 34.2 Å². The second-order valence-corrected chi connectivity index (χ2v) is 6.93. The summed E-state index contributed by atoms with van der Waals surface area (Å²) >= 11 is 0. The van der Waals surface area contributed by atoms with Crippen molar-refractivity contribution in [3.63, 3.8) is 0 Å². The van der Waals surface area contributed by atoms with E-state index in [1.54, 1.807) is 20.0 Å². The van der Waals surface area contributed by atoms with Crippen molar-refractivity contribution in [1.82, 2.24) is 0 Å². The van der Waals surface area contributed by atoms with Gasteiger partial charge in [0.05, 0.1) is 0 Å². The molecule has 2 radical (unpaired) electrons. The average Bonchev–Trinajstić information content (AvgIpc) is 2.29. The van der Waals surface area contributed by atoms with Crippen LogP contribution >= 0.6 is 33.7 Å². The molecule has 0 aliphatic heterocycles. The Hall–Kier alpha value is 6.32. The Morgan fingerprint density at radius 3 is 0.760 bits per heavy atom. The summed E-state index contributed by atoms with van der Waals surface area (Å²) in [6.45, 7) is 5.19. The molecule has 0 spiro atoms. The molecule has 0 amide bonds. The molecule has 0 aliphatic carbocycles. The van der Waals surface area contributed by atoms with Gasteiger partial charge in [-0.3, -0.25) is 0 Å². The second kappa shape index (κ2) is 57.3. The molecule has 0 aromatic rings. The minimum atomic E-state index is -2.21. The first-order valence-electron chi connectivity index (χ1n) is 4.19. The van der Waals surface area contributed by atoms with E-state index in [1.165, 1.54) is 14.2 Å². The second-order valence-electron chi connectivity index (χ2n) is 2.31. The monoisotopic (exact) mass is 1280 g/mol. The Labute approximate surface area is 263 Å². The standard InChI is InChI=1S/C2H7O2P.C2H7OP.CH5O3P.CH4O3P.4W.2Y/c1-4-5(2)3;1-4(2)3;2*1-4-5(2)3;;;;;;/h3H,1-2H3;3H,1-2H3;2-3H,1H3;2-3H,1H2;;;;;;/q;;;-1;;;;;;. The first-order chi connectivity index (χ1) is 8.54. The first-order valence-corrected chi connectivity index (χ1v) is 10.4. The minimum Gasteiger partial charge on any atom is -0.493 e. The van der Waals surface area contributed by atoms with Gasteiger partial charge in [0.25, 0.3) is 8.60 Å². The maximum absolute atomic E-state index is 8.20. The molecule has 0 heterocycles. The van der Waals surface area contributed by atoms with E-state index in [9.17, 15) is 0 Å². The van der Waals surface area contributed by atoms with Gasteiger partial charge in [-0.2, -0.15) is 0 Å². The van der Waals surface area contributed by atoms with Crippen molar-refractivity contribution < 1.29 is 193 Å². The van der Waals surface area contributed by atoms with Crippen molar-refractivity contribution in [1.29, 1.82) is 0 Å². The Bertz CT molecular complexity index is 141. The van der Waals surface area contributed by atoms with Crippen LogP contribution in [0.1, 0.15) is 0 Å². The van der Waals surface area contributed by atoms with Gasteiger partial charge in [-0.25, -0.2) is 7.11 Å². The van der Waals surface area contributed by atoms with E-state index in [2.05, 4.69) is 20.7 Å². The fourth-order valence-corrected chi connectivity index (χ4v) is 0. The maximum atomic E-state index is 8.20. The van der Waals surface area contributed by atoms with Crippen LogP contribution in [0.5, 0.6) is 0 Å². The normalized spacial score (nSPS) is 8.28. The topological polar surface area (TPSA) is 149 Å². The fourth-order valence-electron chi connectivity index (χ4n) is 0. The van der Waals surface area contributed by atoms with Gasteiger partial charge in [0, 0.05) is 179 Å². The quantitative estimate of drug-likeness (QED) is 0.180. The van der Waals surface area contributed by atoms with E-state index < -0.39 is 33.7 Å². The van der Waals surface area contributed by atoms with Gasteiger partial charge in [-0.1, -0.05) is 0 Å². The Kier molecular flexibility index (Phi) is 145. The molecule has 152 valence electrons. The van der Waals surface area contributed by atoms with Gasteiger partial charge in [0.1, 0.15) is 0 Å². The predicted molar refractivity (Wildman–Crippen MR) is 79.2 cm³/mol. The van der Waals surface area contributed by atoms with E-state index >= 15 is 0 Å². The molecular formula is C6H23O9P4W4Y2-. The van der Waals surface area contributed by atoms with Gasteiger partial charge < -0.3 is 42.9 Å². The fraction of sp³-hybridized carbons (Fsp3) is 0.833. The van der Waals surface area contributed by atoms with Crippen molar-refractivity contribution in [2.45, 2.75) is 0 Å². The van der Waals surface area contributed by atoms with Gasteiger partial charge in [-0.05, 0) is 13.3 Å². The predicted octanol–water partition coefficient (Wildman–Crippen LogP) is 1.04. The molecule has 1 unspecified atom stereocenters. The Morgan fingerprint density at radius 2 is 0.760 bits per heavy atom. The molecule has 0 aromatic heterocycles. The van der Waals surface area contributed by atoms with Crippen LogP contribution in [-0.2, 0) is 163 Å². The average molecular weight is 1280 g/mol. The van der Waals surface area contributed by atoms with E-state index in [1.807, 2.05) is 0 Å². The molecule has 9 nitrogen and oxygen atoms in total. The van der Waals surface area contributed by atoms with E-state index in [0.29, 0.717) is 0 Å². The molecule has 25 heavy (non-hydrogen) atoms. The van der Waals surface area contributed by atoms with Crippen molar-refractivity contribution >= 4 is 33.7 Å². The SMILES string of the molecule is COP(C)O.COP(O)O.CP(C)O.[CH2-]OP(O)O.[W].[W].[W].[W].[Y].[Y]. The summed E-state index contributed by atoms with van der Waals surface area (Å²) in [5.41, 5.74) is 0. The minimum absolute atomic E-state index is 0. The van der Waals surface area contributed by atoms with Crippen molar-refractivity contribution in [3.8, 4) is 0 Å². The summed E-state index contributed by atoms with van der Waals surface area (Å²) < 4.78 is 12.0. The largest absolute Gasteiger partial charge is 0.493 e. The zero-order chi connectivity index (χ0) is 16.4. The van der Waals surface area contributed by atoms with Crippen molar-refractivity contribution in [3.05, 3.63) is 7.11 Å². The van der Waals surface area contributed by atoms with Gasteiger partial charge >= 0.3 is 8.60 Å². The molecule has 6 N–H and O–H groups in total. The van der Waals surface area contributed by atoms with Crippen LogP contribution in [-0.4, -0.2) is 63.6 Å². The summed E-state index contributed by atoms with van der Waals surface area (Å²) in [5.74, 6) is 0. The first kappa shape index (κ1) is 63.3. The summed E-state index contributed by atoms with van der Waals surface area (Å²) in [4.78, 5) is 47.2. The van der Waals surface area contributed by atoms with Crippen LogP contribution in [0.15, 0.2) is 0 Å². The number of hydrogen-bond acceptors (Lipinski definition) is 9. The molecule has 0 saturated carbocycles. The smallest absolute Gasteiger partial charge is 0.326 e. The number of rotatable bonds is 3. The van der Waals surface area contributed by atoms with Crippen LogP contribution < -0.4 is 0 Å². The summed E-state index contributed by atoms with van der Waals surface area (Å²) in [5, 5.41) is 0. The summed E-state index contributed by atoms with van der Waals surface area (Å²) in [6.07, 6.45) is 0. The molecule has 0 bridgehead atoms. The third-order valence-corrected chi connectivity index (χ3v) is 1.63. The Balaban J connectivity index is -0.0000000139. The summed E-state index contributed by atoms with van der Waals surface area (Å²) in [7, 11) is -0.606. The number of hydrogen-bond donors (Lipinski definition) is 6. The third-order valence-electron chi connectivity index (χ3n) is 0.543. The molecule has 1 atom stereocenters. The van der Waals surface area contributed by atoms with E-state index in [-0.39, 0.29) is 150 Å². The van der Waals surface area contributed by atoms with E-state index in [0.717, 1.165) is 0 Å². The third kappa shape index (κ3) is 160. The molecular weight excluding hydrogens is 1250 g/mol. The van der Waals surface area contributed by atoms with Gasteiger partial charge in [0.2, 0.25) is 0 Å². The molecule has 19 heteroatoms. The molecule has 0 fully saturated rings. The molecule has 0 saturated heterocycles. The van der Waals surface area contributed by atoms with Gasteiger partial charge in [0.15, 0.2) is 8.38 Å². The molecule has 0 rings (SSSR count). The van der Waals surface area contributed by atoms with E-state index in [4.69, 9.17) is 29.4 Å². The van der Waals surface area contributed by atoms with Crippen LogP contribution in [0, 0.1) is 7.11 Å². The van der Waals surface area contributed by atoms with Crippen molar-refractivity contribution in [2.24, 2.45) is 0 Å². The van der Waals surface area contributed by atoms with Crippen LogP contribution in [0.4, 0.5) is 0 Å². The zero-order valence-corrected chi connectivity index (χ0v) is 35.2. The molecule has 0 aromatic carbocycles. The molecule has 0 aliphatic rings. The summed E-state index contributed by atoms with van der Waals surface area (Å²) in [6, 6.07) is 0. The Morgan fingerprint density at radius 1 is 0.640 bits per heavy atom. The zero-order valence-electron chi connectivity index (χ0n) is 14.2. The maximum Gasteiger partial charge on any atom is 0.326 e. The van der Waals surface area contributed by atoms with Gasteiger partial charge in [-0.15, -0.1) is 0 Å². The van der Waals surface area contributed by atoms with Crippen LogP contribution in [0.2, 0.25) is 0 Å². The van der Waals surface area contributed by atoms with Crippen LogP contribution in [0.3, 0.4) is 0 Å². The van der Waals surface area contributed by atoms with Crippen LogP contribution in [0.25, 0.3) is 0 Å².